The first kappa shape index (κ1) is 28.4. The summed E-state index contributed by atoms with van der Waals surface area (Å²) < 4.78 is 32.4. The van der Waals surface area contributed by atoms with Gasteiger partial charge in [0, 0.05) is 27.7 Å². The molecule has 1 aromatic carbocycles. The molecule has 13 heteroatoms. The number of rotatable bonds is 8. The van der Waals surface area contributed by atoms with Gasteiger partial charge in [-0.25, -0.2) is 4.79 Å². The third kappa shape index (κ3) is 6.42. The Labute approximate surface area is 206 Å². The molecular formula is C23H28O13. The average molecular weight is 512 g/mol. The normalized spacial score (nSPS) is 23.2. The smallest absolute Gasteiger partial charge is 0.339 e. The summed E-state index contributed by atoms with van der Waals surface area (Å²) in [5.74, 6) is -5.44. The van der Waals surface area contributed by atoms with Crippen molar-refractivity contribution in [2.45, 2.75) is 65.1 Å². The fourth-order valence-corrected chi connectivity index (χ4v) is 3.96. The van der Waals surface area contributed by atoms with Crippen molar-refractivity contribution < 1.29 is 62.6 Å². The Kier molecular flexibility index (Phi) is 9.23. The summed E-state index contributed by atoms with van der Waals surface area (Å²) >= 11 is 0. The van der Waals surface area contributed by atoms with Crippen molar-refractivity contribution in [1.82, 2.24) is 0 Å². The lowest BCUT2D eigenvalue weighted by Crippen LogP contribution is -2.59. The third-order valence-electron chi connectivity index (χ3n) is 5.21. The first-order chi connectivity index (χ1) is 16.8. The summed E-state index contributed by atoms with van der Waals surface area (Å²) in [6.07, 6.45) is -7.28. The molecule has 0 aliphatic carbocycles. The first-order valence-electron chi connectivity index (χ1n) is 10.7. The van der Waals surface area contributed by atoms with Gasteiger partial charge in [-0.3, -0.25) is 19.2 Å². The van der Waals surface area contributed by atoms with Gasteiger partial charge < -0.3 is 38.6 Å². The van der Waals surface area contributed by atoms with Crippen LogP contribution in [0.2, 0.25) is 0 Å². The second-order valence-electron chi connectivity index (χ2n) is 7.96. The molecule has 0 bridgehead atoms. The molecule has 0 amide bonds. The van der Waals surface area contributed by atoms with Crippen molar-refractivity contribution in [3.63, 3.8) is 0 Å². The van der Waals surface area contributed by atoms with Crippen LogP contribution in [0.15, 0.2) is 6.07 Å². The number of aromatic hydroxyl groups is 1. The van der Waals surface area contributed by atoms with E-state index < -0.39 is 78.3 Å². The lowest BCUT2D eigenvalue weighted by molar-refractivity contribution is -0.254. The van der Waals surface area contributed by atoms with Gasteiger partial charge in [-0.15, -0.1) is 0 Å². The lowest BCUT2D eigenvalue weighted by atomic mass is 9.88. The van der Waals surface area contributed by atoms with Crippen LogP contribution in [0, 0.1) is 6.92 Å². The van der Waals surface area contributed by atoms with Crippen molar-refractivity contribution >= 4 is 29.8 Å². The SMILES string of the molecule is COc1cc(C)c(C(=O)O)c(O)c1[C@@H]1O[C@H](COC(C)=O)[C@@H](OC(C)=O)[C@H](OC(C)=O)[C@H]1OC(C)=O. The number of aromatic carboxylic acids is 1. The fourth-order valence-electron chi connectivity index (χ4n) is 3.96. The van der Waals surface area contributed by atoms with Crippen LogP contribution in [0.25, 0.3) is 0 Å². The maximum Gasteiger partial charge on any atom is 0.339 e. The summed E-state index contributed by atoms with van der Waals surface area (Å²) in [5, 5.41) is 20.6. The van der Waals surface area contributed by atoms with E-state index in [1.807, 2.05) is 0 Å². The van der Waals surface area contributed by atoms with Gasteiger partial charge in [0.25, 0.3) is 0 Å². The molecule has 0 radical (unpaired) electrons. The molecule has 2 N–H and O–H groups in total. The molecule has 1 aliphatic rings. The van der Waals surface area contributed by atoms with Crippen LogP contribution in [0.1, 0.15) is 55.3 Å². The average Bonchev–Trinajstić information content (AvgIpc) is 2.74. The second kappa shape index (κ2) is 11.7. The molecule has 0 aromatic heterocycles. The maximum atomic E-state index is 12.0. The van der Waals surface area contributed by atoms with Crippen molar-refractivity contribution in [1.29, 1.82) is 0 Å². The molecule has 0 spiro atoms. The van der Waals surface area contributed by atoms with E-state index in [0.717, 1.165) is 27.7 Å². The summed E-state index contributed by atoms with van der Waals surface area (Å²) in [4.78, 5) is 59.2. The zero-order valence-electron chi connectivity index (χ0n) is 20.6. The number of ether oxygens (including phenoxy) is 6. The van der Waals surface area contributed by atoms with Crippen LogP contribution in [0.3, 0.4) is 0 Å². The Bertz CT molecular complexity index is 1050. The topological polar surface area (TPSA) is 181 Å². The Morgan fingerprint density at radius 1 is 0.889 bits per heavy atom. The number of benzene rings is 1. The number of carboxylic acid groups (broad SMARTS) is 1. The van der Waals surface area contributed by atoms with Crippen LogP contribution in [-0.2, 0) is 42.9 Å². The van der Waals surface area contributed by atoms with Gasteiger partial charge in [-0.2, -0.15) is 0 Å². The summed E-state index contributed by atoms with van der Waals surface area (Å²) in [5.41, 5.74) is -0.553. The summed E-state index contributed by atoms with van der Waals surface area (Å²) in [7, 11) is 1.25. The van der Waals surface area contributed by atoms with Crippen LogP contribution in [0.4, 0.5) is 0 Å². The van der Waals surface area contributed by atoms with E-state index in [9.17, 15) is 34.2 Å². The highest BCUT2D eigenvalue weighted by molar-refractivity contribution is 5.93. The molecule has 0 saturated carbocycles. The highest BCUT2D eigenvalue weighted by Crippen LogP contribution is 2.46. The van der Waals surface area contributed by atoms with E-state index in [2.05, 4.69) is 0 Å². The van der Waals surface area contributed by atoms with Gasteiger partial charge in [0.2, 0.25) is 0 Å². The number of carboxylic acids is 1. The molecule has 2 rings (SSSR count). The number of esters is 4. The van der Waals surface area contributed by atoms with Gasteiger partial charge in [0.05, 0.1) is 12.7 Å². The second-order valence-corrected chi connectivity index (χ2v) is 7.96. The number of hydrogen-bond donors (Lipinski definition) is 2. The maximum absolute atomic E-state index is 12.0. The van der Waals surface area contributed by atoms with E-state index in [1.165, 1.54) is 20.1 Å². The largest absolute Gasteiger partial charge is 0.506 e. The number of aryl methyl sites for hydroxylation is 1. The molecule has 1 aromatic rings. The van der Waals surface area contributed by atoms with E-state index >= 15 is 0 Å². The van der Waals surface area contributed by atoms with Gasteiger partial charge in [0.1, 0.15) is 35.9 Å². The molecule has 1 heterocycles. The van der Waals surface area contributed by atoms with E-state index in [0.29, 0.717) is 0 Å². The molecule has 1 fully saturated rings. The van der Waals surface area contributed by atoms with Gasteiger partial charge in [-0.1, -0.05) is 0 Å². The minimum Gasteiger partial charge on any atom is -0.506 e. The first-order valence-corrected chi connectivity index (χ1v) is 10.7. The molecule has 1 saturated heterocycles. The van der Waals surface area contributed by atoms with Crippen LogP contribution in [-0.4, -0.2) is 78.2 Å². The fraction of sp³-hybridized carbons (Fsp3) is 0.522. The quantitative estimate of drug-likeness (QED) is 0.375. The highest BCUT2D eigenvalue weighted by Gasteiger charge is 2.54. The van der Waals surface area contributed by atoms with Crippen molar-refractivity contribution in [3.05, 3.63) is 22.8 Å². The number of phenols is 1. The zero-order chi connectivity index (χ0) is 27.3. The zero-order valence-corrected chi connectivity index (χ0v) is 20.6. The number of carbonyl (C=O) groups excluding carboxylic acids is 4. The molecule has 0 unspecified atom stereocenters. The van der Waals surface area contributed by atoms with E-state index in [1.54, 1.807) is 0 Å². The van der Waals surface area contributed by atoms with E-state index in [-0.39, 0.29) is 16.9 Å². The summed E-state index contributed by atoms with van der Waals surface area (Å²) in [6.45, 7) is 5.27. The van der Waals surface area contributed by atoms with E-state index in [4.69, 9.17) is 28.4 Å². The van der Waals surface area contributed by atoms with Gasteiger partial charge in [0.15, 0.2) is 18.3 Å². The summed E-state index contributed by atoms with van der Waals surface area (Å²) in [6, 6.07) is 1.33. The van der Waals surface area contributed by atoms with Crippen LogP contribution in [0.5, 0.6) is 11.5 Å². The predicted octanol–water partition coefficient (Wildman–Crippen LogP) is 1.21. The minimum absolute atomic E-state index is 0.0316. The monoisotopic (exact) mass is 512 g/mol. The number of carbonyl (C=O) groups is 5. The Morgan fingerprint density at radius 2 is 1.42 bits per heavy atom. The Morgan fingerprint density at radius 3 is 1.89 bits per heavy atom. The van der Waals surface area contributed by atoms with Crippen molar-refractivity contribution in [2.24, 2.45) is 0 Å². The van der Waals surface area contributed by atoms with Crippen LogP contribution < -0.4 is 4.74 Å². The number of hydrogen-bond acceptors (Lipinski definition) is 12. The van der Waals surface area contributed by atoms with Gasteiger partial charge >= 0.3 is 29.8 Å². The molecule has 13 nitrogen and oxygen atoms in total. The molecular weight excluding hydrogens is 484 g/mol. The molecule has 5 atom stereocenters. The Balaban J connectivity index is 2.81. The molecule has 36 heavy (non-hydrogen) atoms. The van der Waals surface area contributed by atoms with Gasteiger partial charge in [-0.05, 0) is 18.6 Å². The standard InChI is InChI=1S/C23H28O13/c1-9-7-14(31-6)17(18(28)16(9)23(29)30)20-22(35-13(5)27)21(34-12(4)26)19(33-11(3)25)15(36-20)8-32-10(2)24/h7,15,19-22,28H,8H2,1-6H3,(H,29,30)/t15-,19-,20+,21+,22+/m1/s1. The number of methoxy groups -OCH3 is 1. The minimum atomic E-state index is -1.55. The third-order valence-corrected chi connectivity index (χ3v) is 5.21. The predicted molar refractivity (Wildman–Crippen MR) is 117 cm³/mol. The Hall–Kier alpha value is -3.87. The highest BCUT2D eigenvalue weighted by atomic mass is 16.7. The molecule has 198 valence electrons. The van der Waals surface area contributed by atoms with Crippen molar-refractivity contribution in [2.75, 3.05) is 13.7 Å². The molecule has 1 aliphatic heterocycles. The lowest BCUT2D eigenvalue weighted by Gasteiger charge is -2.45. The van der Waals surface area contributed by atoms with Crippen molar-refractivity contribution in [3.8, 4) is 11.5 Å². The van der Waals surface area contributed by atoms with Crippen LogP contribution >= 0.6 is 0 Å².